The highest BCUT2D eigenvalue weighted by molar-refractivity contribution is 6.39. The quantitative estimate of drug-likeness (QED) is 0.633. The number of carbonyl (C=O) groups is 2. The van der Waals surface area contributed by atoms with Crippen LogP contribution < -0.4 is 10.7 Å². The molecule has 102 valence electrons. The summed E-state index contributed by atoms with van der Waals surface area (Å²) in [5.41, 5.74) is 2.73. The summed E-state index contributed by atoms with van der Waals surface area (Å²) in [6.45, 7) is 7.94. The first-order valence-corrected chi connectivity index (χ1v) is 6.53. The molecule has 2 amide bonds. The van der Waals surface area contributed by atoms with E-state index in [2.05, 4.69) is 34.6 Å². The highest BCUT2D eigenvalue weighted by Crippen LogP contribution is 1.99. The van der Waals surface area contributed by atoms with Crippen LogP contribution in [0.3, 0.4) is 0 Å². The molecular formula is C12H22N4O2. The van der Waals surface area contributed by atoms with Gasteiger partial charge in [0, 0.05) is 19.4 Å². The van der Waals surface area contributed by atoms with Gasteiger partial charge in [-0.3, -0.25) is 9.59 Å². The fourth-order valence-corrected chi connectivity index (χ4v) is 1.78. The third kappa shape index (κ3) is 4.83. The minimum absolute atomic E-state index is 0.131. The number of carbonyl (C=O) groups excluding carboxylic acids is 2. The minimum Gasteiger partial charge on any atom is -0.351 e. The lowest BCUT2D eigenvalue weighted by molar-refractivity contribution is -0.121. The van der Waals surface area contributed by atoms with Crippen molar-refractivity contribution in [2.45, 2.75) is 33.1 Å². The first-order valence-electron chi connectivity index (χ1n) is 6.53. The molecule has 0 saturated heterocycles. The van der Waals surface area contributed by atoms with E-state index >= 15 is 0 Å². The van der Waals surface area contributed by atoms with Crippen molar-refractivity contribution in [1.82, 2.24) is 15.6 Å². The monoisotopic (exact) mass is 254 g/mol. The molecular weight excluding hydrogens is 232 g/mol. The van der Waals surface area contributed by atoms with Crippen LogP contribution in [0.15, 0.2) is 5.10 Å². The molecule has 0 atom stereocenters. The van der Waals surface area contributed by atoms with Gasteiger partial charge in [0.2, 0.25) is 5.91 Å². The minimum atomic E-state index is -0.172. The Labute approximate surface area is 108 Å². The Hall–Kier alpha value is -1.43. The molecule has 0 aliphatic carbocycles. The molecule has 0 aromatic carbocycles. The Kier molecular flexibility index (Phi) is 6.35. The highest BCUT2D eigenvalue weighted by Gasteiger charge is 2.17. The summed E-state index contributed by atoms with van der Waals surface area (Å²) in [6, 6.07) is 0. The zero-order chi connectivity index (χ0) is 13.4. The summed E-state index contributed by atoms with van der Waals surface area (Å²) in [6.07, 6.45) is 1.69. The third-order valence-corrected chi connectivity index (χ3v) is 3.00. The van der Waals surface area contributed by atoms with Gasteiger partial charge in [-0.05, 0) is 26.1 Å². The SMILES string of the molecule is CCN(CC)CCCNC(=O)C1=NNC(=O)CC1. The largest absolute Gasteiger partial charge is 0.351 e. The van der Waals surface area contributed by atoms with Gasteiger partial charge in [-0.15, -0.1) is 0 Å². The first kappa shape index (κ1) is 14.6. The number of hydrogen-bond acceptors (Lipinski definition) is 4. The van der Waals surface area contributed by atoms with E-state index in [4.69, 9.17) is 0 Å². The molecule has 1 aliphatic heterocycles. The zero-order valence-corrected chi connectivity index (χ0v) is 11.2. The molecule has 0 fully saturated rings. The van der Waals surface area contributed by atoms with Crippen LogP contribution in [0.5, 0.6) is 0 Å². The summed E-state index contributed by atoms with van der Waals surface area (Å²) in [5, 5.41) is 6.57. The normalized spacial score (nSPS) is 15.3. The van der Waals surface area contributed by atoms with Crippen LogP contribution in [-0.4, -0.2) is 48.6 Å². The zero-order valence-electron chi connectivity index (χ0n) is 11.2. The number of nitrogens with one attached hydrogen (secondary N) is 2. The summed E-state index contributed by atoms with van der Waals surface area (Å²) in [7, 11) is 0. The second-order valence-corrected chi connectivity index (χ2v) is 4.23. The fourth-order valence-electron chi connectivity index (χ4n) is 1.78. The molecule has 6 nitrogen and oxygen atoms in total. The van der Waals surface area contributed by atoms with Crippen molar-refractivity contribution >= 4 is 17.5 Å². The molecule has 0 radical (unpaired) electrons. The summed E-state index contributed by atoms with van der Waals surface area (Å²) >= 11 is 0. The van der Waals surface area contributed by atoms with Crippen molar-refractivity contribution in [2.24, 2.45) is 5.10 Å². The van der Waals surface area contributed by atoms with Crippen molar-refractivity contribution < 1.29 is 9.59 Å². The Morgan fingerprint density at radius 3 is 2.67 bits per heavy atom. The van der Waals surface area contributed by atoms with E-state index in [9.17, 15) is 9.59 Å². The maximum Gasteiger partial charge on any atom is 0.267 e. The van der Waals surface area contributed by atoms with E-state index in [1.165, 1.54) is 0 Å². The summed E-state index contributed by atoms with van der Waals surface area (Å²) in [5.74, 6) is -0.303. The summed E-state index contributed by atoms with van der Waals surface area (Å²) < 4.78 is 0. The number of hydrazone groups is 1. The molecule has 0 saturated carbocycles. The van der Waals surface area contributed by atoms with Crippen LogP contribution in [0.2, 0.25) is 0 Å². The van der Waals surface area contributed by atoms with Gasteiger partial charge in [0.25, 0.3) is 5.91 Å². The van der Waals surface area contributed by atoms with Crippen LogP contribution in [-0.2, 0) is 9.59 Å². The Morgan fingerprint density at radius 1 is 1.39 bits per heavy atom. The van der Waals surface area contributed by atoms with Gasteiger partial charge in [0.15, 0.2) is 0 Å². The number of rotatable bonds is 7. The van der Waals surface area contributed by atoms with Crippen LogP contribution in [0.25, 0.3) is 0 Å². The predicted octanol–water partition coefficient (Wildman–Crippen LogP) is 0.101. The Balaban J connectivity index is 2.19. The van der Waals surface area contributed by atoms with Gasteiger partial charge >= 0.3 is 0 Å². The van der Waals surface area contributed by atoms with E-state index in [0.29, 0.717) is 25.1 Å². The van der Waals surface area contributed by atoms with Gasteiger partial charge in [-0.2, -0.15) is 5.10 Å². The van der Waals surface area contributed by atoms with E-state index in [-0.39, 0.29) is 11.8 Å². The molecule has 0 bridgehead atoms. The lowest BCUT2D eigenvalue weighted by Crippen LogP contribution is -2.38. The van der Waals surface area contributed by atoms with Gasteiger partial charge in [0.1, 0.15) is 5.71 Å². The molecule has 0 aromatic heterocycles. The average Bonchev–Trinajstić information content (AvgIpc) is 2.39. The second kappa shape index (κ2) is 7.81. The molecule has 1 rings (SSSR count). The number of hydrogen-bond donors (Lipinski definition) is 2. The van der Waals surface area contributed by atoms with Crippen molar-refractivity contribution in [3.05, 3.63) is 0 Å². The van der Waals surface area contributed by atoms with Crippen LogP contribution in [0, 0.1) is 0 Å². The van der Waals surface area contributed by atoms with E-state index in [1.807, 2.05) is 0 Å². The molecule has 0 aromatic rings. The topological polar surface area (TPSA) is 73.8 Å². The van der Waals surface area contributed by atoms with Crippen LogP contribution in [0.4, 0.5) is 0 Å². The van der Waals surface area contributed by atoms with Crippen LogP contribution in [0.1, 0.15) is 33.1 Å². The number of nitrogens with zero attached hydrogens (tertiary/aromatic N) is 2. The Bertz CT molecular complexity index is 324. The van der Waals surface area contributed by atoms with E-state index in [0.717, 1.165) is 26.1 Å². The lowest BCUT2D eigenvalue weighted by atomic mass is 10.1. The fraction of sp³-hybridized carbons (Fsp3) is 0.750. The van der Waals surface area contributed by atoms with Crippen molar-refractivity contribution in [3.8, 4) is 0 Å². The van der Waals surface area contributed by atoms with Gasteiger partial charge in [-0.1, -0.05) is 13.8 Å². The van der Waals surface area contributed by atoms with Crippen molar-refractivity contribution in [2.75, 3.05) is 26.2 Å². The maximum absolute atomic E-state index is 11.7. The standard InChI is InChI=1S/C12H22N4O2/c1-3-16(4-2)9-5-8-13-12(18)10-6-7-11(17)15-14-10/h3-9H2,1-2H3,(H,13,18)(H,15,17). The lowest BCUT2D eigenvalue weighted by Gasteiger charge is -2.18. The number of amides is 2. The van der Waals surface area contributed by atoms with Gasteiger partial charge in [0.05, 0.1) is 0 Å². The smallest absolute Gasteiger partial charge is 0.267 e. The predicted molar refractivity (Wildman–Crippen MR) is 70.2 cm³/mol. The van der Waals surface area contributed by atoms with Crippen LogP contribution >= 0.6 is 0 Å². The third-order valence-electron chi connectivity index (χ3n) is 3.00. The molecule has 0 spiro atoms. The Morgan fingerprint density at radius 2 is 2.11 bits per heavy atom. The molecule has 18 heavy (non-hydrogen) atoms. The van der Waals surface area contributed by atoms with Crippen molar-refractivity contribution in [1.29, 1.82) is 0 Å². The summed E-state index contributed by atoms with van der Waals surface area (Å²) in [4.78, 5) is 24.9. The van der Waals surface area contributed by atoms with Gasteiger partial charge < -0.3 is 10.2 Å². The first-order chi connectivity index (χ1) is 8.67. The molecule has 6 heteroatoms. The molecule has 0 unspecified atom stereocenters. The maximum atomic E-state index is 11.7. The molecule has 1 aliphatic rings. The second-order valence-electron chi connectivity index (χ2n) is 4.23. The average molecular weight is 254 g/mol. The molecule has 2 N–H and O–H groups in total. The van der Waals surface area contributed by atoms with Gasteiger partial charge in [-0.25, -0.2) is 5.43 Å². The van der Waals surface area contributed by atoms with E-state index in [1.54, 1.807) is 0 Å². The molecule has 1 heterocycles. The highest BCUT2D eigenvalue weighted by atomic mass is 16.2. The van der Waals surface area contributed by atoms with Crippen molar-refractivity contribution in [3.63, 3.8) is 0 Å². The van der Waals surface area contributed by atoms with E-state index < -0.39 is 0 Å².